The van der Waals surface area contributed by atoms with E-state index in [1.54, 1.807) is 6.20 Å². The number of pyridine rings is 1. The zero-order chi connectivity index (χ0) is 24.8. The first-order chi connectivity index (χ1) is 17.6. The van der Waals surface area contributed by atoms with Crippen molar-refractivity contribution in [3.63, 3.8) is 0 Å². The number of nitriles is 1. The van der Waals surface area contributed by atoms with E-state index in [1.165, 1.54) is 16.7 Å². The molecule has 0 unspecified atom stereocenters. The molecule has 0 spiro atoms. The molecular formula is C31H34N2O3. The van der Waals surface area contributed by atoms with Crippen molar-refractivity contribution >= 4 is 0 Å². The lowest BCUT2D eigenvalue weighted by Gasteiger charge is -2.53. The zero-order valence-electron chi connectivity index (χ0n) is 20.7. The van der Waals surface area contributed by atoms with E-state index in [9.17, 15) is 5.11 Å². The van der Waals surface area contributed by atoms with Gasteiger partial charge < -0.3 is 14.6 Å². The molecule has 1 aromatic heterocycles. The Morgan fingerprint density at radius 1 is 1.06 bits per heavy atom. The number of ether oxygens (including phenoxy) is 2. The van der Waals surface area contributed by atoms with Crippen molar-refractivity contribution in [2.24, 2.45) is 5.92 Å². The highest BCUT2D eigenvalue weighted by Gasteiger charge is 2.51. The number of nitrogens with zero attached hydrogens (tertiary/aromatic N) is 2. The fourth-order valence-corrected chi connectivity index (χ4v) is 6.28. The maximum Gasteiger partial charge on any atom is 0.120 e. The number of aromatic nitrogens is 1. The lowest BCUT2D eigenvalue weighted by molar-refractivity contribution is -0.1000. The van der Waals surface area contributed by atoms with Gasteiger partial charge >= 0.3 is 0 Å². The Labute approximate surface area is 213 Å². The minimum atomic E-state index is -0.829. The summed E-state index contributed by atoms with van der Waals surface area (Å²) in [6, 6.07) is 23.4. The quantitative estimate of drug-likeness (QED) is 0.405. The minimum absolute atomic E-state index is 0.0182. The van der Waals surface area contributed by atoms with Crippen LogP contribution in [0, 0.1) is 17.2 Å². The number of aliphatic hydroxyl groups is 1. The average molecular weight is 483 g/mol. The second-order valence-electron chi connectivity index (χ2n) is 10.4. The largest absolute Gasteiger partial charge is 0.489 e. The van der Waals surface area contributed by atoms with Crippen LogP contribution in [0.25, 0.3) is 0 Å². The Hall–Kier alpha value is -3.20. The van der Waals surface area contributed by atoms with E-state index in [4.69, 9.17) is 14.7 Å². The summed E-state index contributed by atoms with van der Waals surface area (Å²) in [6.07, 6.45) is 9.28. The Morgan fingerprint density at radius 2 is 1.92 bits per heavy atom. The van der Waals surface area contributed by atoms with Crippen molar-refractivity contribution in [2.45, 2.75) is 62.6 Å². The van der Waals surface area contributed by atoms with Crippen LogP contribution in [0.1, 0.15) is 54.4 Å². The van der Waals surface area contributed by atoms with E-state index in [1.807, 2.05) is 18.3 Å². The maximum atomic E-state index is 11.4. The average Bonchev–Trinajstić information content (AvgIpc) is 2.91. The summed E-state index contributed by atoms with van der Waals surface area (Å²) in [7, 11) is 0. The molecule has 0 bridgehead atoms. The molecule has 5 heteroatoms. The van der Waals surface area contributed by atoms with E-state index in [0.717, 1.165) is 43.4 Å². The van der Waals surface area contributed by atoms with Crippen LogP contribution in [0.2, 0.25) is 0 Å². The molecule has 36 heavy (non-hydrogen) atoms. The van der Waals surface area contributed by atoms with Crippen LogP contribution in [0.15, 0.2) is 73.1 Å². The molecule has 0 saturated heterocycles. The molecule has 3 aromatic rings. The number of hydrogen-bond acceptors (Lipinski definition) is 5. The molecule has 2 aromatic carbocycles. The molecule has 0 radical (unpaired) electrons. The SMILES string of the molecule is N#CCCOC[C@@]1(O)CC[C@]2(Cc3ccccc3)c3ccc(OCc4cccnc4)cc3CC[C@H]2C1. The number of aryl methyl sites for hydroxylation is 1. The number of fused-ring (bicyclic) bond motifs is 3. The number of rotatable bonds is 9. The van der Waals surface area contributed by atoms with Gasteiger partial charge in [-0.2, -0.15) is 5.26 Å². The number of hydrogen-bond donors (Lipinski definition) is 1. The molecule has 0 amide bonds. The van der Waals surface area contributed by atoms with Crippen LogP contribution in [0.3, 0.4) is 0 Å². The van der Waals surface area contributed by atoms with Crippen LogP contribution in [0.5, 0.6) is 5.75 Å². The predicted molar refractivity (Wildman–Crippen MR) is 138 cm³/mol. The lowest BCUT2D eigenvalue weighted by atomic mass is 9.52. The number of benzene rings is 2. The topological polar surface area (TPSA) is 75.4 Å². The first-order valence-corrected chi connectivity index (χ1v) is 13.0. The molecule has 186 valence electrons. The predicted octanol–water partition coefficient (Wildman–Crippen LogP) is 5.55. The van der Waals surface area contributed by atoms with Gasteiger partial charge in [-0.25, -0.2) is 0 Å². The van der Waals surface area contributed by atoms with Gasteiger partial charge in [-0.15, -0.1) is 0 Å². The summed E-state index contributed by atoms with van der Waals surface area (Å²) in [5.41, 5.74) is 4.31. The highest BCUT2D eigenvalue weighted by atomic mass is 16.5. The molecule has 1 fully saturated rings. The molecule has 3 atom stereocenters. The summed E-state index contributed by atoms with van der Waals surface area (Å²) < 4.78 is 11.8. The smallest absolute Gasteiger partial charge is 0.120 e. The van der Waals surface area contributed by atoms with Gasteiger partial charge in [-0.1, -0.05) is 42.5 Å². The minimum Gasteiger partial charge on any atom is -0.489 e. The first kappa shape index (κ1) is 24.5. The van der Waals surface area contributed by atoms with Crippen LogP contribution in [-0.2, 0) is 29.6 Å². The fourth-order valence-electron chi connectivity index (χ4n) is 6.28. The van der Waals surface area contributed by atoms with Crippen LogP contribution in [-0.4, -0.2) is 28.9 Å². The van der Waals surface area contributed by atoms with Crippen molar-refractivity contribution in [1.29, 1.82) is 5.26 Å². The monoisotopic (exact) mass is 482 g/mol. The Bertz CT molecular complexity index is 1190. The van der Waals surface area contributed by atoms with Crippen molar-refractivity contribution in [3.8, 4) is 11.8 Å². The van der Waals surface area contributed by atoms with Gasteiger partial charge in [0.25, 0.3) is 0 Å². The van der Waals surface area contributed by atoms with Gasteiger partial charge in [0.2, 0.25) is 0 Å². The summed E-state index contributed by atoms with van der Waals surface area (Å²) in [4.78, 5) is 4.18. The summed E-state index contributed by atoms with van der Waals surface area (Å²) >= 11 is 0. The summed E-state index contributed by atoms with van der Waals surface area (Å²) in [5.74, 6) is 1.26. The van der Waals surface area contributed by atoms with E-state index in [0.29, 0.717) is 38.6 Å². The van der Waals surface area contributed by atoms with Crippen molar-refractivity contribution in [2.75, 3.05) is 13.2 Å². The van der Waals surface area contributed by atoms with Crippen molar-refractivity contribution < 1.29 is 14.6 Å². The molecule has 0 aliphatic heterocycles. The van der Waals surface area contributed by atoms with Gasteiger partial charge in [-0.3, -0.25) is 4.98 Å². The second kappa shape index (κ2) is 10.8. The molecule has 2 aliphatic carbocycles. The van der Waals surface area contributed by atoms with Gasteiger partial charge in [0.1, 0.15) is 12.4 Å². The molecule has 2 aliphatic rings. The van der Waals surface area contributed by atoms with Crippen LogP contribution < -0.4 is 4.74 Å². The molecule has 1 heterocycles. The fraction of sp³-hybridized carbons (Fsp3) is 0.419. The van der Waals surface area contributed by atoms with Gasteiger partial charge in [0.05, 0.1) is 31.3 Å². The molecule has 1 N–H and O–H groups in total. The van der Waals surface area contributed by atoms with Crippen LogP contribution >= 0.6 is 0 Å². The molecule has 5 nitrogen and oxygen atoms in total. The third-order valence-corrected chi connectivity index (χ3v) is 8.04. The molecule has 1 saturated carbocycles. The van der Waals surface area contributed by atoms with Crippen molar-refractivity contribution in [3.05, 3.63) is 95.3 Å². The Kier molecular flexibility index (Phi) is 7.36. The normalized spacial score (nSPS) is 24.8. The van der Waals surface area contributed by atoms with Gasteiger partial charge in [0, 0.05) is 23.4 Å². The van der Waals surface area contributed by atoms with E-state index >= 15 is 0 Å². The van der Waals surface area contributed by atoms with E-state index < -0.39 is 5.60 Å². The third kappa shape index (κ3) is 5.31. The third-order valence-electron chi connectivity index (χ3n) is 8.04. The molecular weight excluding hydrogens is 448 g/mol. The van der Waals surface area contributed by atoms with E-state index in [2.05, 4.69) is 59.6 Å². The second-order valence-corrected chi connectivity index (χ2v) is 10.4. The Morgan fingerprint density at radius 3 is 2.72 bits per heavy atom. The highest BCUT2D eigenvalue weighted by molar-refractivity contribution is 5.45. The van der Waals surface area contributed by atoms with E-state index in [-0.39, 0.29) is 5.41 Å². The van der Waals surface area contributed by atoms with Gasteiger partial charge in [0.15, 0.2) is 0 Å². The standard InChI is InChI=1S/C31H34N2O3/c32-15-5-17-35-23-30(34)13-14-31(19-24-6-2-1-3-7-24)27(20-30)10-9-26-18-28(11-12-29(26)31)36-22-25-8-4-16-33-21-25/h1-4,6-8,11-12,16,18,21,27,34H,5,9-10,13-14,17,19-20,22-23H2/t27-,30+,31+/m0/s1. The van der Waals surface area contributed by atoms with Crippen molar-refractivity contribution in [1.82, 2.24) is 4.98 Å². The lowest BCUT2D eigenvalue weighted by Crippen LogP contribution is -2.52. The molecule has 5 rings (SSSR count). The van der Waals surface area contributed by atoms with Gasteiger partial charge in [-0.05, 0) is 79.3 Å². The Balaban J connectivity index is 1.40. The zero-order valence-corrected chi connectivity index (χ0v) is 20.7. The maximum absolute atomic E-state index is 11.4. The first-order valence-electron chi connectivity index (χ1n) is 13.0. The van der Waals surface area contributed by atoms with Crippen LogP contribution in [0.4, 0.5) is 0 Å². The summed E-state index contributed by atoms with van der Waals surface area (Å²) in [6.45, 7) is 1.19. The summed E-state index contributed by atoms with van der Waals surface area (Å²) in [5, 5.41) is 20.2. The highest BCUT2D eigenvalue weighted by Crippen LogP contribution is 2.54.